The summed E-state index contributed by atoms with van der Waals surface area (Å²) in [6.07, 6.45) is -3.16. The number of rotatable bonds is 2. The predicted molar refractivity (Wildman–Crippen MR) is 96.6 cm³/mol. The molecule has 27 heavy (non-hydrogen) atoms. The summed E-state index contributed by atoms with van der Waals surface area (Å²) >= 11 is 3.22. The molecule has 0 aromatic carbocycles. The van der Waals surface area contributed by atoms with E-state index >= 15 is 0 Å². The first kappa shape index (κ1) is 19.3. The van der Waals surface area contributed by atoms with Crippen LogP contribution in [0.2, 0.25) is 0 Å². The number of halogens is 4. The van der Waals surface area contributed by atoms with E-state index in [2.05, 4.69) is 36.3 Å². The number of nitrogens with zero attached hydrogens (tertiary/aromatic N) is 4. The Labute approximate surface area is 160 Å². The summed E-state index contributed by atoms with van der Waals surface area (Å²) in [4.78, 5) is 20.6. The van der Waals surface area contributed by atoms with E-state index in [1.54, 1.807) is 32.9 Å². The summed E-state index contributed by atoms with van der Waals surface area (Å²) in [5, 5.41) is 6.29. The maximum Gasteiger partial charge on any atom is 0.433 e. The highest BCUT2D eigenvalue weighted by atomic mass is 79.9. The molecule has 0 atom stereocenters. The number of carbonyl (C=O) groups excluding carboxylic acids is 1. The minimum atomic E-state index is -4.64. The molecule has 0 aliphatic rings. The molecular formula is C17H15BrF3N5O. The Morgan fingerprint density at radius 3 is 2.44 bits per heavy atom. The standard InChI is InChI=1S/C17H15BrF3N5O/c1-16(2,3)11-7-12(17(19,20)21)26-14(23-11)6-10(25-26)15(27)24-13-5-4-9(18)8-22-13/h4-8H,1-3H3,(H,22,24,27). The third-order valence-electron chi connectivity index (χ3n) is 3.69. The lowest BCUT2D eigenvalue weighted by Gasteiger charge is -2.19. The Morgan fingerprint density at radius 2 is 1.89 bits per heavy atom. The molecule has 10 heteroatoms. The second-order valence-electron chi connectivity index (χ2n) is 6.89. The third kappa shape index (κ3) is 4.10. The Kier molecular flexibility index (Phi) is 4.71. The van der Waals surface area contributed by atoms with Crippen molar-refractivity contribution in [2.24, 2.45) is 0 Å². The Morgan fingerprint density at radius 1 is 1.19 bits per heavy atom. The monoisotopic (exact) mass is 441 g/mol. The molecule has 0 aliphatic heterocycles. The van der Waals surface area contributed by atoms with Gasteiger partial charge in [-0.3, -0.25) is 4.79 Å². The predicted octanol–water partition coefficient (Wildman–Crippen LogP) is 4.46. The molecule has 0 fully saturated rings. The van der Waals surface area contributed by atoms with Crippen molar-refractivity contribution in [2.75, 3.05) is 5.32 Å². The fraction of sp³-hybridized carbons (Fsp3) is 0.294. The molecule has 0 saturated heterocycles. The van der Waals surface area contributed by atoms with Gasteiger partial charge >= 0.3 is 6.18 Å². The number of nitrogens with one attached hydrogen (secondary N) is 1. The quantitative estimate of drug-likeness (QED) is 0.637. The van der Waals surface area contributed by atoms with E-state index in [1.807, 2.05) is 0 Å². The van der Waals surface area contributed by atoms with Gasteiger partial charge in [-0.15, -0.1) is 0 Å². The highest BCUT2D eigenvalue weighted by molar-refractivity contribution is 9.10. The Hall–Kier alpha value is -2.49. The lowest BCUT2D eigenvalue weighted by atomic mass is 9.91. The van der Waals surface area contributed by atoms with Gasteiger partial charge < -0.3 is 5.32 Å². The van der Waals surface area contributed by atoms with Gasteiger partial charge in [0, 0.05) is 22.2 Å². The van der Waals surface area contributed by atoms with Gasteiger partial charge in [-0.1, -0.05) is 20.8 Å². The van der Waals surface area contributed by atoms with E-state index in [0.717, 1.165) is 10.5 Å². The molecule has 1 amide bonds. The van der Waals surface area contributed by atoms with Gasteiger partial charge in [0.05, 0.1) is 5.69 Å². The summed E-state index contributed by atoms with van der Waals surface area (Å²) in [6, 6.07) is 5.40. The zero-order chi connectivity index (χ0) is 20.0. The summed E-state index contributed by atoms with van der Waals surface area (Å²) in [6.45, 7) is 5.28. The molecule has 0 spiro atoms. The van der Waals surface area contributed by atoms with Crippen molar-refractivity contribution >= 4 is 33.3 Å². The van der Waals surface area contributed by atoms with Crippen molar-refractivity contribution in [1.82, 2.24) is 19.6 Å². The van der Waals surface area contributed by atoms with Gasteiger partial charge in [-0.05, 0) is 34.1 Å². The fourth-order valence-corrected chi connectivity index (χ4v) is 2.54. The molecule has 6 nitrogen and oxygen atoms in total. The first-order chi connectivity index (χ1) is 12.4. The lowest BCUT2D eigenvalue weighted by Crippen LogP contribution is -2.20. The van der Waals surface area contributed by atoms with Crippen molar-refractivity contribution in [1.29, 1.82) is 0 Å². The van der Waals surface area contributed by atoms with Crippen molar-refractivity contribution in [3.63, 3.8) is 0 Å². The maximum absolute atomic E-state index is 13.5. The molecule has 3 heterocycles. The number of amides is 1. The van der Waals surface area contributed by atoms with Crippen molar-refractivity contribution in [3.05, 3.63) is 52.0 Å². The average molecular weight is 442 g/mol. The van der Waals surface area contributed by atoms with Crippen LogP contribution in [0.3, 0.4) is 0 Å². The molecule has 0 unspecified atom stereocenters. The highest BCUT2D eigenvalue weighted by Gasteiger charge is 2.36. The van der Waals surface area contributed by atoms with Crippen LogP contribution in [0.5, 0.6) is 0 Å². The van der Waals surface area contributed by atoms with Crippen LogP contribution in [0.1, 0.15) is 42.6 Å². The maximum atomic E-state index is 13.5. The van der Waals surface area contributed by atoms with Gasteiger partial charge in [-0.2, -0.15) is 18.3 Å². The van der Waals surface area contributed by atoms with E-state index in [4.69, 9.17) is 0 Å². The van der Waals surface area contributed by atoms with Crippen LogP contribution >= 0.6 is 15.9 Å². The molecule has 1 N–H and O–H groups in total. The normalized spacial score (nSPS) is 12.4. The molecule has 0 aliphatic carbocycles. The zero-order valence-electron chi connectivity index (χ0n) is 14.6. The number of anilines is 1. The van der Waals surface area contributed by atoms with E-state index in [9.17, 15) is 18.0 Å². The van der Waals surface area contributed by atoms with Gasteiger partial charge in [0.2, 0.25) is 0 Å². The van der Waals surface area contributed by atoms with Crippen LogP contribution < -0.4 is 5.32 Å². The number of aromatic nitrogens is 4. The summed E-state index contributed by atoms with van der Waals surface area (Å²) < 4.78 is 41.8. The van der Waals surface area contributed by atoms with Gasteiger partial charge in [0.25, 0.3) is 5.91 Å². The molecular weight excluding hydrogens is 427 g/mol. The van der Waals surface area contributed by atoms with E-state index in [0.29, 0.717) is 4.52 Å². The van der Waals surface area contributed by atoms with Gasteiger partial charge in [0.1, 0.15) is 11.5 Å². The molecule has 3 aromatic rings. The zero-order valence-corrected chi connectivity index (χ0v) is 16.2. The van der Waals surface area contributed by atoms with Gasteiger partial charge in [-0.25, -0.2) is 14.5 Å². The van der Waals surface area contributed by atoms with Crippen LogP contribution in [-0.2, 0) is 11.6 Å². The number of hydrogen-bond donors (Lipinski definition) is 1. The van der Waals surface area contributed by atoms with Crippen LogP contribution in [0, 0.1) is 0 Å². The Balaban J connectivity index is 2.05. The van der Waals surface area contributed by atoms with Crippen molar-refractivity contribution < 1.29 is 18.0 Å². The molecule has 0 saturated carbocycles. The largest absolute Gasteiger partial charge is 0.433 e. The van der Waals surface area contributed by atoms with Crippen LogP contribution in [0.4, 0.5) is 19.0 Å². The number of alkyl halides is 3. The number of hydrogen-bond acceptors (Lipinski definition) is 4. The van der Waals surface area contributed by atoms with E-state index in [1.165, 1.54) is 12.3 Å². The lowest BCUT2D eigenvalue weighted by molar-refractivity contribution is -0.142. The number of pyridine rings is 1. The molecule has 0 radical (unpaired) electrons. The molecule has 142 valence electrons. The van der Waals surface area contributed by atoms with Gasteiger partial charge in [0.15, 0.2) is 11.3 Å². The first-order valence-electron chi connectivity index (χ1n) is 7.86. The summed E-state index contributed by atoms with van der Waals surface area (Å²) in [7, 11) is 0. The van der Waals surface area contributed by atoms with Crippen molar-refractivity contribution in [2.45, 2.75) is 32.4 Å². The van der Waals surface area contributed by atoms with Crippen LogP contribution in [-0.4, -0.2) is 25.5 Å². The Bertz CT molecular complexity index is 1010. The second-order valence-corrected chi connectivity index (χ2v) is 7.81. The minimum Gasteiger partial charge on any atom is -0.305 e. The first-order valence-corrected chi connectivity index (χ1v) is 8.66. The van der Waals surface area contributed by atoms with Crippen LogP contribution in [0.25, 0.3) is 5.65 Å². The average Bonchev–Trinajstić information content (AvgIpc) is 2.98. The molecule has 3 aromatic heterocycles. The number of fused-ring (bicyclic) bond motifs is 1. The topological polar surface area (TPSA) is 72.2 Å². The highest BCUT2D eigenvalue weighted by Crippen LogP contribution is 2.32. The van der Waals surface area contributed by atoms with Crippen LogP contribution in [0.15, 0.2) is 34.9 Å². The molecule has 3 rings (SSSR count). The minimum absolute atomic E-state index is 0.0522. The third-order valence-corrected chi connectivity index (χ3v) is 4.16. The summed E-state index contributed by atoms with van der Waals surface area (Å²) in [5.74, 6) is -0.430. The number of carbonyl (C=O) groups is 1. The smallest absolute Gasteiger partial charge is 0.305 e. The second kappa shape index (κ2) is 6.59. The summed E-state index contributed by atoms with van der Waals surface area (Å²) in [5.41, 5.74) is -1.58. The SMILES string of the molecule is CC(C)(C)c1cc(C(F)(F)F)n2nc(C(=O)Nc3ccc(Br)cn3)cc2n1. The van der Waals surface area contributed by atoms with E-state index in [-0.39, 0.29) is 22.9 Å². The van der Waals surface area contributed by atoms with E-state index < -0.39 is 23.2 Å². The fourth-order valence-electron chi connectivity index (χ4n) is 2.30. The molecule has 0 bridgehead atoms. The van der Waals surface area contributed by atoms with Crippen molar-refractivity contribution in [3.8, 4) is 0 Å².